The molecule has 0 saturated carbocycles. The molecule has 0 unspecified atom stereocenters. The maximum absolute atomic E-state index is 12.7. The zero-order valence-corrected chi connectivity index (χ0v) is 15.8. The predicted octanol–water partition coefficient (Wildman–Crippen LogP) is 4.69. The lowest BCUT2D eigenvalue weighted by Gasteiger charge is -2.22. The Bertz CT molecular complexity index is 791. The van der Waals surface area contributed by atoms with E-state index >= 15 is 0 Å². The molecule has 0 bridgehead atoms. The summed E-state index contributed by atoms with van der Waals surface area (Å²) in [7, 11) is 0. The average Bonchev–Trinajstić information content (AvgIpc) is 2.56. The number of carbonyl (C=O) groups is 2. The van der Waals surface area contributed by atoms with Crippen LogP contribution in [-0.2, 0) is 4.79 Å². The van der Waals surface area contributed by atoms with Gasteiger partial charge in [-0.05, 0) is 42.7 Å². The molecule has 2 rings (SSSR count). The molecule has 0 heterocycles. The first-order chi connectivity index (χ1) is 11.8. The Hall–Kier alpha value is -2.04. The lowest BCUT2D eigenvalue weighted by molar-refractivity contribution is -0.118. The van der Waals surface area contributed by atoms with Gasteiger partial charge in [0.2, 0.25) is 5.91 Å². The number of halogens is 2. The van der Waals surface area contributed by atoms with Crippen LogP contribution in [0.2, 0.25) is 10.0 Å². The van der Waals surface area contributed by atoms with Crippen molar-refractivity contribution in [1.29, 1.82) is 0 Å². The van der Waals surface area contributed by atoms with Crippen LogP contribution in [-0.4, -0.2) is 17.9 Å². The molecule has 2 N–H and O–H groups in total. The maximum atomic E-state index is 12.7. The molecule has 0 aliphatic heterocycles. The second-order valence-electron chi connectivity index (χ2n) is 6.08. The average molecular weight is 379 g/mol. The van der Waals surface area contributed by atoms with Crippen LogP contribution in [0.1, 0.15) is 29.8 Å². The van der Waals surface area contributed by atoms with E-state index < -0.39 is 6.04 Å². The number of rotatable bonds is 5. The van der Waals surface area contributed by atoms with Crippen molar-refractivity contribution in [1.82, 2.24) is 5.32 Å². The summed E-state index contributed by atoms with van der Waals surface area (Å²) >= 11 is 12.1. The molecule has 0 radical (unpaired) electrons. The number of carbonyl (C=O) groups excluding carboxylic acids is 2. The number of anilines is 1. The van der Waals surface area contributed by atoms with Crippen LogP contribution in [0, 0.1) is 12.8 Å². The number of nitrogens with one attached hydrogen (secondary N) is 2. The zero-order valence-electron chi connectivity index (χ0n) is 14.3. The number of hydrogen-bond donors (Lipinski definition) is 2. The first-order valence-electron chi connectivity index (χ1n) is 7.92. The topological polar surface area (TPSA) is 58.2 Å². The Balaban J connectivity index is 2.17. The molecule has 25 heavy (non-hydrogen) atoms. The van der Waals surface area contributed by atoms with Gasteiger partial charge in [-0.1, -0.05) is 55.2 Å². The molecular formula is C19H20Cl2N2O2. The summed E-state index contributed by atoms with van der Waals surface area (Å²) in [5.74, 6) is -0.797. The Morgan fingerprint density at radius 3 is 2.24 bits per heavy atom. The second-order valence-corrected chi connectivity index (χ2v) is 6.89. The van der Waals surface area contributed by atoms with E-state index in [1.165, 1.54) is 0 Å². The van der Waals surface area contributed by atoms with Crippen molar-refractivity contribution in [3.05, 3.63) is 63.6 Å². The summed E-state index contributed by atoms with van der Waals surface area (Å²) in [5.41, 5.74) is 1.73. The monoisotopic (exact) mass is 378 g/mol. The maximum Gasteiger partial charge on any atom is 0.253 e. The molecule has 132 valence electrons. The minimum absolute atomic E-state index is 0.106. The van der Waals surface area contributed by atoms with Crippen molar-refractivity contribution >= 4 is 40.7 Å². The zero-order chi connectivity index (χ0) is 18.6. The second kappa shape index (κ2) is 8.37. The van der Waals surface area contributed by atoms with E-state index in [-0.39, 0.29) is 17.7 Å². The minimum Gasteiger partial charge on any atom is -0.340 e. The highest BCUT2D eigenvalue weighted by Gasteiger charge is 2.26. The van der Waals surface area contributed by atoms with Crippen molar-refractivity contribution in [2.75, 3.05) is 5.32 Å². The molecule has 2 aromatic carbocycles. The lowest BCUT2D eigenvalue weighted by Crippen LogP contribution is -2.47. The van der Waals surface area contributed by atoms with Gasteiger partial charge >= 0.3 is 0 Å². The normalized spacial score (nSPS) is 11.9. The Labute approximate surface area is 157 Å². The van der Waals surface area contributed by atoms with Gasteiger partial charge in [0.25, 0.3) is 5.91 Å². The number of amides is 2. The van der Waals surface area contributed by atoms with Gasteiger partial charge in [0, 0.05) is 10.7 Å². The molecule has 0 aliphatic carbocycles. The van der Waals surface area contributed by atoms with Gasteiger partial charge in [-0.15, -0.1) is 0 Å². The van der Waals surface area contributed by atoms with Gasteiger partial charge in [-0.3, -0.25) is 9.59 Å². The highest BCUT2D eigenvalue weighted by atomic mass is 35.5. The molecule has 2 aromatic rings. The van der Waals surface area contributed by atoms with E-state index in [0.29, 0.717) is 21.3 Å². The van der Waals surface area contributed by atoms with Crippen molar-refractivity contribution in [3.63, 3.8) is 0 Å². The summed E-state index contributed by atoms with van der Waals surface area (Å²) in [6.07, 6.45) is 0. The van der Waals surface area contributed by atoms with E-state index in [4.69, 9.17) is 23.2 Å². The molecule has 2 amide bonds. The van der Waals surface area contributed by atoms with Crippen LogP contribution in [0.3, 0.4) is 0 Å². The molecule has 0 aromatic heterocycles. The smallest absolute Gasteiger partial charge is 0.253 e. The molecule has 4 nitrogen and oxygen atoms in total. The van der Waals surface area contributed by atoms with Crippen LogP contribution in [0.15, 0.2) is 42.5 Å². The van der Waals surface area contributed by atoms with Crippen molar-refractivity contribution in [3.8, 4) is 0 Å². The van der Waals surface area contributed by atoms with Crippen LogP contribution in [0.4, 0.5) is 5.69 Å². The van der Waals surface area contributed by atoms with Crippen molar-refractivity contribution < 1.29 is 9.59 Å². The van der Waals surface area contributed by atoms with Crippen molar-refractivity contribution in [2.45, 2.75) is 26.8 Å². The Kier molecular flexibility index (Phi) is 6.45. The predicted molar refractivity (Wildman–Crippen MR) is 102 cm³/mol. The SMILES string of the molecule is Cc1c(Cl)cccc1NC(=O)[C@@H](NC(=O)c1ccccc1Cl)C(C)C. The van der Waals surface area contributed by atoms with E-state index in [9.17, 15) is 9.59 Å². The third kappa shape index (κ3) is 4.74. The minimum atomic E-state index is -0.706. The highest BCUT2D eigenvalue weighted by molar-refractivity contribution is 6.34. The fraction of sp³-hybridized carbons (Fsp3) is 0.263. The van der Waals surface area contributed by atoms with E-state index in [1.54, 1.807) is 42.5 Å². The van der Waals surface area contributed by atoms with Gasteiger partial charge in [0.1, 0.15) is 6.04 Å². The summed E-state index contributed by atoms with van der Waals surface area (Å²) in [6, 6.07) is 11.3. The quantitative estimate of drug-likeness (QED) is 0.792. The Morgan fingerprint density at radius 1 is 0.960 bits per heavy atom. The molecule has 6 heteroatoms. The Morgan fingerprint density at radius 2 is 1.60 bits per heavy atom. The molecule has 1 atom stereocenters. The number of hydrogen-bond acceptors (Lipinski definition) is 2. The highest BCUT2D eigenvalue weighted by Crippen LogP contribution is 2.23. The van der Waals surface area contributed by atoms with Crippen molar-refractivity contribution in [2.24, 2.45) is 5.92 Å². The lowest BCUT2D eigenvalue weighted by atomic mass is 10.0. The summed E-state index contributed by atoms with van der Waals surface area (Å²) in [5, 5.41) is 6.50. The number of benzene rings is 2. The van der Waals surface area contributed by atoms with Crippen LogP contribution in [0.5, 0.6) is 0 Å². The van der Waals surface area contributed by atoms with E-state index in [2.05, 4.69) is 10.6 Å². The molecule has 0 fully saturated rings. The summed E-state index contributed by atoms with van der Waals surface area (Å²) in [6.45, 7) is 5.55. The molecular weight excluding hydrogens is 359 g/mol. The third-order valence-electron chi connectivity index (χ3n) is 3.88. The van der Waals surface area contributed by atoms with Gasteiger partial charge in [-0.2, -0.15) is 0 Å². The fourth-order valence-electron chi connectivity index (χ4n) is 2.35. The van der Waals surface area contributed by atoms with Gasteiger partial charge in [0.15, 0.2) is 0 Å². The molecule has 0 spiro atoms. The third-order valence-corrected chi connectivity index (χ3v) is 4.62. The summed E-state index contributed by atoms with van der Waals surface area (Å²) in [4.78, 5) is 25.1. The largest absolute Gasteiger partial charge is 0.340 e. The van der Waals surface area contributed by atoms with E-state index in [0.717, 1.165) is 5.56 Å². The van der Waals surface area contributed by atoms with Gasteiger partial charge in [0.05, 0.1) is 10.6 Å². The van der Waals surface area contributed by atoms with Gasteiger partial charge in [-0.25, -0.2) is 0 Å². The van der Waals surface area contributed by atoms with Crippen LogP contribution < -0.4 is 10.6 Å². The van der Waals surface area contributed by atoms with E-state index in [1.807, 2.05) is 20.8 Å². The first-order valence-corrected chi connectivity index (χ1v) is 8.68. The van der Waals surface area contributed by atoms with Crippen LogP contribution >= 0.6 is 23.2 Å². The van der Waals surface area contributed by atoms with Gasteiger partial charge < -0.3 is 10.6 Å². The molecule has 0 saturated heterocycles. The van der Waals surface area contributed by atoms with Crippen LogP contribution in [0.25, 0.3) is 0 Å². The molecule has 0 aliphatic rings. The first kappa shape index (κ1) is 19.3. The fourth-order valence-corrected chi connectivity index (χ4v) is 2.75. The summed E-state index contributed by atoms with van der Waals surface area (Å²) < 4.78 is 0. The standard InChI is InChI=1S/C19H20Cl2N2O2/c1-11(2)17(23-18(24)13-7-4-5-8-15(13)21)19(25)22-16-10-6-9-14(20)12(16)3/h4-11,17H,1-3H3,(H,22,25)(H,23,24)/t17-/m0/s1.